The van der Waals surface area contributed by atoms with E-state index in [9.17, 15) is 9.59 Å². The molecule has 0 aliphatic carbocycles. The fourth-order valence-corrected chi connectivity index (χ4v) is 3.16. The van der Waals surface area contributed by atoms with Crippen LogP contribution in [0.3, 0.4) is 0 Å². The van der Waals surface area contributed by atoms with Crippen molar-refractivity contribution < 1.29 is 14.3 Å². The molecule has 1 aliphatic heterocycles. The van der Waals surface area contributed by atoms with Crippen molar-refractivity contribution in [3.63, 3.8) is 0 Å². The minimum Gasteiger partial charge on any atom is -0.379 e. The summed E-state index contributed by atoms with van der Waals surface area (Å²) in [6, 6.07) is 15.5. The second-order valence-electron chi connectivity index (χ2n) is 6.95. The Kier molecular flexibility index (Phi) is 7.17. The fourth-order valence-electron chi connectivity index (χ4n) is 3.16. The van der Waals surface area contributed by atoms with Crippen molar-refractivity contribution in [1.82, 2.24) is 15.5 Å². The van der Waals surface area contributed by atoms with Crippen LogP contribution in [-0.4, -0.2) is 43.0 Å². The number of benzene rings is 2. The van der Waals surface area contributed by atoms with Crippen molar-refractivity contribution in [2.45, 2.75) is 26.6 Å². The van der Waals surface area contributed by atoms with E-state index in [2.05, 4.69) is 27.7 Å². The van der Waals surface area contributed by atoms with E-state index in [1.807, 2.05) is 24.3 Å². The van der Waals surface area contributed by atoms with E-state index in [0.717, 1.165) is 44.0 Å². The van der Waals surface area contributed by atoms with Crippen LogP contribution < -0.4 is 10.6 Å². The zero-order valence-corrected chi connectivity index (χ0v) is 16.2. The lowest BCUT2D eigenvalue weighted by Crippen LogP contribution is -2.36. The second kappa shape index (κ2) is 10.0. The highest BCUT2D eigenvalue weighted by atomic mass is 16.5. The predicted octanol–water partition coefficient (Wildman–Crippen LogP) is 2.08. The van der Waals surface area contributed by atoms with Gasteiger partial charge in [0.1, 0.15) is 0 Å². The average Bonchev–Trinajstić information content (AvgIpc) is 2.72. The van der Waals surface area contributed by atoms with Gasteiger partial charge in [-0.3, -0.25) is 14.5 Å². The average molecular weight is 381 g/mol. The van der Waals surface area contributed by atoms with E-state index in [-0.39, 0.29) is 11.8 Å². The summed E-state index contributed by atoms with van der Waals surface area (Å²) in [6.07, 6.45) is 0. The van der Waals surface area contributed by atoms with Crippen LogP contribution in [0.5, 0.6) is 0 Å². The van der Waals surface area contributed by atoms with Crippen molar-refractivity contribution in [2.75, 3.05) is 26.3 Å². The highest BCUT2D eigenvalue weighted by Crippen LogP contribution is 2.13. The molecule has 0 radical (unpaired) electrons. The Labute approximate surface area is 165 Å². The SMILES string of the molecule is CC(=O)NCc1ccc(C(=O)NCc2ccccc2CN2CCOCC2)cc1. The number of nitrogens with one attached hydrogen (secondary N) is 2. The molecule has 2 amide bonds. The zero-order valence-electron chi connectivity index (χ0n) is 16.2. The first-order valence-electron chi connectivity index (χ1n) is 9.60. The quantitative estimate of drug-likeness (QED) is 0.770. The number of hydrogen-bond acceptors (Lipinski definition) is 4. The molecule has 1 aliphatic rings. The largest absolute Gasteiger partial charge is 0.379 e. The molecule has 2 aromatic carbocycles. The summed E-state index contributed by atoms with van der Waals surface area (Å²) >= 11 is 0. The summed E-state index contributed by atoms with van der Waals surface area (Å²) in [4.78, 5) is 25.8. The Hall–Kier alpha value is -2.70. The normalized spacial score (nSPS) is 14.5. The highest BCUT2D eigenvalue weighted by molar-refractivity contribution is 5.94. The van der Waals surface area contributed by atoms with E-state index in [1.165, 1.54) is 12.5 Å². The molecule has 1 fully saturated rings. The van der Waals surface area contributed by atoms with Crippen LogP contribution in [0.15, 0.2) is 48.5 Å². The van der Waals surface area contributed by atoms with Gasteiger partial charge in [-0.25, -0.2) is 0 Å². The maximum absolute atomic E-state index is 12.5. The lowest BCUT2D eigenvalue weighted by atomic mass is 10.1. The maximum Gasteiger partial charge on any atom is 0.251 e. The Morgan fingerprint density at radius 1 is 0.929 bits per heavy atom. The van der Waals surface area contributed by atoms with Gasteiger partial charge in [-0.1, -0.05) is 36.4 Å². The van der Waals surface area contributed by atoms with Gasteiger partial charge in [0.05, 0.1) is 13.2 Å². The first kappa shape index (κ1) is 20.0. The van der Waals surface area contributed by atoms with Gasteiger partial charge in [-0.15, -0.1) is 0 Å². The number of ether oxygens (including phenoxy) is 1. The van der Waals surface area contributed by atoms with Crippen molar-refractivity contribution in [2.24, 2.45) is 0 Å². The van der Waals surface area contributed by atoms with Crippen molar-refractivity contribution >= 4 is 11.8 Å². The molecule has 0 saturated carbocycles. The summed E-state index contributed by atoms with van der Waals surface area (Å²) in [7, 11) is 0. The molecule has 0 unspecified atom stereocenters. The molecular weight excluding hydrogens is 354 g/mol. The summed E-state index contributed by atoms with van der Waals surface area (Å²) in [5.74, 6) is -0.176. The van der Waals surface area contributed by atoms with E-state index in [1.54, 1.807) is 12.1 Å². The molecule has 1 heterocycles. The monoisotopic (exact) mass is 381 g/mol. The minimum atomic E-state index is -0.104. The second-order valence-corrected chi connectivity index (χ2v) is 6.95. The van der Waals surface area contributed by atoms with Crippen molar-refractivity contribution in [1.29, 1.82) is 0 Å². The van der Waals surface area contributed by atoms with E-state index in [0.29, 0.717) is 18.7 Å². The number of carbonyl (C=O) groups is 2. The molecule has 6 heteroatoms. The summed E-state index contributed by atoms with van der Waals surface area (Å²) in [6.45, 7) is 6.73. The lowest BCUT2D eigenvalue weighted by Gasteiger charge is -2.27. The summed E-state index contributed by atoms with van der Waals surface area (Å²) in [5.41, 5.74) is 3.93. The smallest absolute Gasteiger partial charge is 0.251 e. The van der Waals surface area contributed by atoms with Gasteiger partial charge in [-0.2, -0.15) is 0 Å². The van der Waals surface area contributed by atoms with Crippen LogP contribution in [0.2, 0.25) is 0 Å². The third-order valence-corrected chi connectivity index (χ3v) is 4.81. The van der Waals surface area contributed by atoms with Crippen LogP contribution in [0.1, 0.15) is 34.0 Å². The molecule has 28 heavy (non-hydrogen) atoms. The molecular formula is C22H27N3O3. The van der Waals surface area contributed by atoms with Gasteiger partial charge in [0, 0.05) is 45.2 Å². The van der Waals surface area contributed by atoms with E-state index in [4.69, 9.17) is 4.74 Å². The molecule has 1 saturated heterocycles. The number of carbonyl (C=O) groups excluding carboxylic acids is 2. The van der Waals surface area contributed by atoms with Crippen LogP contribution in [0, 0.1) is 0 Å². The molecule has 148 valence electrons. The van der Waals surface area contributed by atoms with Crippen molar-refractivity contribution in [3.8, 4) is 0 Å². The first-order valence-corrected chi connectivity index (χ1v) is 9.60. The number of hydrogen-bond donors (Lipinski definition) is 2. The van der Waals surface area contributed by atoms with E-state index >= 15 is 0 Å². The predicted molar refractivity (Wildman–Crippen MR) is 108 cm³/mol. The Morgan fingerprint density at radius 3 is 2.29 bits per heavy atom. The first-order chi connectivity index (χ1) is 13.6. The number of amides is 2. The molecule has 6 nitrogen and oxygen atoms in total. The molecule has 0 bridgehead atoms. The van der Waals surface area contributed by atoms with Gasteiger partial charge >= 0.3 is 0 Å². The Bertz CT molecular complexity index is 799. The highest BCUT2D eigenvalue weighted by Gasteiger charge is 2.13. The standard InChI is InChI=1S/C22H27N3O3/c1-17(26)23-14-18-6-8-19(9-7-18)22(27)24-15-20-4-2-3-5-21(20)16-25-10-12-28-13-11-25/h2-9H,10-16H2,1H3,(H,23,26)(H,24,27). The molecule has 0 atom stereocenters. The number of nitrogens with zero attached hydrogens (tertiary/aromatic N) is 1. The van der Waals surface area contributed by atoms with Gasteiger partial charge in [0.15, 0.2) is 0 Å². The number of rotatable bonds is 7. The van der Waals surface area contributed by atoms with Gasteiger partial charge in [0.25, 0.3) is 5.91 Å². The lowest BCUT2D eigenvalue weighted by molar-refractivity contribution is -0.119. The van der Waals surface area contributed by atoms with Crippen LogP contribution in [-0.2, 0) is 29.2 Å². The molecule has 3 rings (SSSR count). The third kappa shape index (κ3) is 5.90. The Balaban J connectivity index is 1.56. The number of morpholine rings is 1. The van der Waals surface area contributed by atoms with Crippen molar-refractivity contribution in [3.05, 3.63) is 70.8 Å². The van der Waals surface area contributed by atoms with Gasteiger partial charge < -0.3 is 15.4 Å². The fraction of sp³-hybridized carbons (Fsp3) is 0.364. The molecule has 2 N–H and O–H groups in total. The molecule has 2 aromatic rings. The Morgan fingerprint density at radius 2 is 1.61 bits per heavy atom. The third-order valence-electron chi connectivity index (χ3n) is 4.81. The van der Waals surface area contributed by atoms with E-state index < -0.39 is 0 Å². The summed E-state index contributed by atoms with van der Waals surface area (Å²) < 4.78 is 5.41. The molecule has 0 aromatic heterocycles. The summed E-state index contributed by atoms with van der Waals surface area (Å²) in [5, 5.41) is 5.76. The van der Waals surface area contributed by atoms with Gasteiger partial charge in [-0.05, 0) is 28.8 Å². The molecule has 0 spiro atoms. The minimum absolute atomic E-state index is 0.0717. The zero-order chi connectivity index (χ0) is 19.8. The maximum atomic E-state index is 12.5. The van der Waals surface area contributed by atoms with Gasteiger partial charge in [0.2, 0.25) is 5.91 Å². The topological polar surface area (TPSA) is 70.7 Å². The van der Waals surface area contributed by atoms with Crippen LogP contribution in [0.25, 0.3) is 0 Å². The van der Waals surface area contributed by atoms with Crippen LogP contribution in [0.4, 0.5) is 0 Å². The van der Waals surface area contributed by atoms with Crippen LogP contribution >= 0.6 is 0 Å².